The maximum atomic E-state index is 13.9. The first-order valence-corrected chi connectivity index (χ1v) is 14.5. The molecular weight excluding hydrogens is 530 g/mol. The molecule has 0 aliphatic carbocycles. The van der Waals surface area contributed by atoms with E-state index in [0.29, 0.717) is 48.0 Å². The molecule has 1 aromatic heterocycles. The number of carbonyl (C=O) groups excluding carboxylic acids is 1. The van der Waals surface area contributed by atoms with Crippen molar-refractivity contribution in [1.82, 2.24) is 15.1 Å². The number of methoxy groups -OCH3 is 2. The van der Waals surface area contributed by atoms with Gasteiger partial charge in [0, 0.05) is 17.7 Å². The van der Waals surface area contributed by atoms with Gasteiger partial charge in [-0.15, -0.1) is 0 Å². The number of amides is 1. The number of ether oxygens (including phenoxy) is 3. The zero-order chi connectivity index (χ0) is 29.8. The molecular formula is C34H39N3O5. The van der Waals surface area contributed by atoms with Crippen LogP contribution in [0.3, 0.4) is 0 Å². The van der Waals surface area contributed by atoms with E-state index in [4.69, 9.17) is 14.2 Å². The Kier molecular flexibility index (Phi) is 8.71. The summed E-state index contributed by atoms with van der Waals surface area (Å²) in [6.07, 6.45) is 3.90. The molecule has 4 aromatic rings. The molecule has 220 valence electrons. The number of rotatable bonds is 12. The van der Waals surface area contributed by atoms with Crippen LogP contribution >= 0.6 is 0 Å². The van der Waals surface area contributed by atoms with Gasteiger partial charge in [-0.2, -0.15) is 5.10 Å². The SMILES string of the molecule is CCCCCOc1ccc(C2c3c(-c4c(C)cc(C)cc4O)n[nH]c3C(=O)N2CCc2ccc(OC)c(OC)c2)cc1. The lowest BCUT2D eigenvalue weighted by atomic mass is 9.93. The molecule has 1 aliphatic heterocycles. The summed E-state index contributed by atoms with van der Waals surface area (Å²) in [6, 6.07) is 17.1. The molecule has 42 heavy (non-hydrogen) atoms. The first-order valence-electron chi connectivity index (χ1n) is 14.5. The van der Waals surface area contributed by atoms with E-state index in [0.717, 1.165) is 52.8 Å². The Morgan fingerprint density at radius 2 is 1.74 bits per heavy atom. The van der Waals surface area contributed by atoms with Crippen LogP contribution in [0.25, 0.3) is 11.3 Å². The van der Waals surface area contributed by atoms with Crippen molar-refractivity contribution in [1.29, 1.82) is 0 Å². The minimum absolute atomic E-state index is 0.127. The minimum atomic E-state index is -0.393. The number of aryl methyl sites for hydroxylation is 2. The lowest BCUT2D eigenvalue weighted by Crippen LogP contribution is -2.31. The van der Waals surface area contributed by atoms with Gasteiger partial charge in [-0.3, -0.25) is 9.89 Å². The second-order valence-electron chi connectivity index (χ2n) is 10.8. The predicted molar refractivity (Wildman–Crippen MR) is 163 cm³/mol. The van der Waals surface area contributed by atoms with Gasteiger partial charge in [-0.25, -0.2) is 0 Å². The first kappa shape index (κ1) is 29.0. The molecule has 5 rings (SSSR count). The van der Waals surface area contributed by atoms with Gasteiger partial charge in [-0.1, -0.05) is 44.0 Å². The quantitative estimate of drug-likeness (QED) is 0.183. The smallest absolute Gasteiger partial charge is 0.273 e. The van der Waals surface area contributed by atoms with Gasteiger partial charge < -0.3 is 24.2 Å². The molecule has 1 aliphatic rings. The summed E-state index contributed by atoms with van der Waals surface area (Å²) in [5, 5.41) is 18.5. The number of fused-ring (bicyclic) bond motifs is 1. The number of hydrogen-bond acceptors (Lipinski definition) is 6. The third kappa shape index (κ3) is 5.66. The van der Waals surface area contributed by atoms with Crippen LogP contribution in [0.4, 0.5) is 0 Å². The van der Waals surface area contributed by atoms with Gasteiger partial charge in [-0.05, 0) is 79.3 Å². The van der Waals surface area contributed by atoms with Crippen LogP contribution in [0.1, 0.15) is 70.5 Å². The summed E-state index contributed by atoms with van der Waals surface area (Å²) in [5.74, 6) is 2.13. The molecule has 2 N–H and O–H groups in total. The highest BCUT2D eigenvalue weighted by Gasteiger charge is 2.42. The largest absolute Gasteiger partial charge is 0.507 e. The van der Waals surface area contributed by atoms with Gasteiger partial charge in [0.1, 0.15) is 22.9 Å². The Bertz CT molecular complexity index is 1540. The number of aromatic hydroxyl groups is 1. The van der Waals surface area contributed by atoms with Gasteiger partial charge in [0.05, 0.1) is 26.9 Å². The molecule has 0 saturated heterocycles. The normalized spacial score (nSPS) is 14.3. The molecule has 1 atom stereocenters. The molecule has 0 bridgehead atoms. The Morgan fingerprint density at radius 3 is 2.43 bits per heavy atom. The number of nitrogens with one attached hydrogen (secondary N) is 1. The lowest BCUT2D eigenvalue weighted by molar-refractivity contribution is 0.0746. The Labute approximate surface area is 247 Å². The van der Waals surface area contributed by atoms with Crippen LogP contribution in [-0.2, 0) is 6.42 Å². The highest BCUT2D eigenvalue weighted by atomic mass is 16.5. The molecule has 0 fully saturated rings. The van der Waals surface area contributed by atoms with Crippen LogP contribution < -0.4 is 14.2 Å². The molecule has 8 nitrogen and oxygen atoms in total. The number of aromatic amines is 1. The number of phenols is 1. The number of carbonyl (C=O) groups is 1. The highest BCUT2D eigenvalue weighted by molar-refractivity contribution is 6.00. The second-order valence-corrected chi connectivity index (χ2v) is 10.8. The fourth-order valence-electron chi connectivity index (χ4n) is 5.79. The molecule has 1 unspecified atom stereocenters. The fraction of sp³-hybridized carbons (Fsp3) is 0.353. The van der Waals surface area contributed by atoms with Crippen molar-refractivity contribution in [2.45, 2.75) is 52.5 Å². The Hall–Kier alpha value is -4.46. The summed E-state index contributed by atoms with van der Waals surface area (Å²) in [5.41, 5.74) is 6.26. The van der Waals surface area contributed by atoms with E-state index in [2.05, 4.69) is 17.1 Å². The summed E-state index contributed by atoms with van der Waals surface area (Å²) >= 11 is 0. The Balaban J connectivity index is 1.51. The van der Waals surface area contributed by atoms with Gasteiger partial charge in [0.2, 0.25) is 0 Å². The minimum Gasteiger partial charge on any atom is -0.507 e. The van der Waals surface area contributed by atoms with Crippen LogP contribution in [0, 0.1) is 13.8 Å². The van der Waals surface area contributed by atoms with Gasteiger partial charge in [0.25, 0.3) is 5.91 Å². The zero-order valence-electron chi connectivity index (χ0n) is 25.0. The van der Waals surface area contributed by atoms with Crippen molar-refractivity contribution in [3.63, 3.8) is 0 Å². The zero-order valence-corrected chi connectivity index (χ0v) is 25.0. The fourth-order valence-corrected chi connectivity index (χ4v) is 5.79. The summed E-state index contributed by atoms with van der Waals surface area (Å²) < 4.78 is 16.8. The van der Waals surface area contributed by atoms with E-state index in [1.165, 1.54) is 0 Å². The predicted octanol–water partition coefficient (Wildman–Crippen LogP) is 6.77. The summed E-state index contributed by atoms with van der Waals surface area (Å²) in [7, 11) is 3.22. The van der Waals surface area contributed by atoms with Crippen molar-refractivity contribution in [3.05, 3.63) is 88.1 Å². The number of H-pyrrole nitrogens is 1. The van der Waals surface area contributed by atoms with Crippen molar-refractivity contribution in [3.8, 4) is 34.3 Å². The number of aromatic nitrogens is 2. The molecule has 8 heteroatoms. The van der Waals surface area contributed by atoms with Crippen molar-refractivity contribution < 1.29 is 24.1 Å². The highest BCUT2D eigenvalue weighted by Crippen LogP contribution is 2.46. The number of benzene rings is 3. The Morgan fingerprint density at radius 1 is 0.976 bits per heavy atom. The van der Waals surface area contributed by atoms with E-state index in [9.17, 15) is 9.90 Å². The van der Waals surface area contributed by atoms with E-state index in [1.54, 1.807) is 20.3 Å². The average Bonchev–Trinajstić information content (AvgIpc) is 3.52. The molecule has 2 heterocycles. The van der Waals surface area contributed by atoms with Crippen LogP contribution in [0.2, 0.25) is 0 Å². The maximum absolute atomic E-state index is 13.9. The number of phenolic OH excluding ortho intramolecular Hbond substituents is 1. The van der Waals surface area contributed by atoms with Crippen molar-refractivity contribution in [2.75, 3.05) is 27.4 Å². The standard InChI is InChI=1S/C34H39N3O5/c1-6-7-8-17-42-25-12-10-24(11-13-25)33-30-31(29-22(3)18-21(2)19-26(29)38)35-36-32(30)34(39)37(33)16-15-23-9-14-27(40-4)28(20-23)41-5/h9-14,18-20,33,38H,6-8,15-17H2,1-5H3,(H,35,36). The number of unbranched alkanes of at least 4 members (excludes halogenated alkanes) is 2. The summed E-state index contributed by atoms with van der Waals surface area (Å²) in [4.78, 5) is 15.8. The average molecular weight is 570 g/mol. The maximum Gasteiger partial charge on any atom is 0.273 e. The van der Waals surface area contributed by atoms with Gasteiger partial charge >= 0.3 is 0 Å². The lowest BCUT2D eigenvalue weighted by Gasteiger charge is -2.27. The van der Waals surface area contributed by atoms with E-state index in [-0.39, 0.29) is 11.7 Å². The van der Waals surface area contributed by atoms with E-state index >= 15 is 0 Å². The molecule has 0 saturated carbocycles. The topological polar surface area (TPSA) is 96.9 Å². The third-order valence-corrected chi connectivity index (χ3v) is 7.86. The molecule has 0 radical (unpaired) electrons. The molecule has 1 amide bonds. The van der Waals surface area contributed by atoms with Crippen LogP contribution in [0.15, 0.2) is 54.6 Å². The van der Waals surface area contributed by atoms with Crippen molar-refractivity contribution in [2.24, 2.45) is 0 Å². The first-order chi connectivity index (χ1) is 20.4. The molecule has 3 aromatic carbocycles. The van der Waals surface area contributed by atoms with Crippen LogP contribution in [0.5, 0.6) is 23.0 Å². The van der Waals surface area contributed by atoms with E-state index < -0.39 is 6.04 Å². The molecule has 0 spiro atoms. The number of hydrogen-bond donors (Lipinski definition) is 2. The van der Waals surface area contributed by atoms with E-state index in [1.807, 2.05) is 67.3 Å². The van der Waals surface area contributed by atoms with Gasteiger partial charge in [0.15, 0.2) is 11.5 Å². The third-order valence-electron chi connectivity index (χ3n) is 7.86. The van der Waals surface area contributed by atoms with Crippen LogP contribution in [-0.4, -0.2) is 53.5 Å². The second kappa shape index (κ2) is 12.6. The number of nitrogens with zero attached hydrogens (tertiary/aromatic N) is 2. The monoisotopic (exact) mass is 569 g/mol. The summed E-state index contributed by atoms with van der Waals surface area (Å²) in [6.45, 7) is 7.21. The van der Waals surface area contributed by atoms with Crippen molar-refractivity contribution >= 4 is 5.91 Å².